The number of nitrogen functional groups attached to an aromatic ring is 1. The monoisotopic (exact) mass is 328 g/mol. The fourth-order valence-corrected chi connectivity index (χ4v) is 3.56. The molecule has 0 radical (unpaired) electrons. The molecule has 4 rings (SSSR count). The van der Waals surface area contributed by atoms with E-state index < -0.39 is 32.4 Å². The van der Waals surface area contributed by atoms with Gasteiger partial charge >= 0.3 is 0 Å². The van der Waals surface area contributed by atoms with Crippen molar-refractivity contribution in [3.8, 4) is 0 Å². The number of phosphoric ester groups is 1. The summed E-state index contributed by atoms with van der Waals surface area (Å²) in [6.45, 7) is -0.219. The maximum absolute atomic E-state index is 11.3. The maximum atomic E-state index is 11.3. The van der Waals surface area contributed by atoms with Gasteiger partial charge in [0, 0.05) is 0 Å². The van der Waals surface area contributed by atoms with E-state index in [0.717, 1.165) is 0 Å². The molecule has 3 N–H and O–H groups in total. The van der Waals surface area contributed by atoms with Crippen LogP contribution in [0.2, 0.25) is 0 Å². The highest BCUT2D eigenvalue weighted by Crippen LogP contribution is 2.49. The molecule has 11 nitrogen and oxygen atoms in total. The Morgan fingerprint density at radius 2 is 2.27 bits per heavy atom. The van der Waals surface area contributed by atoms with Crippen molar-refractivity contribution in [2.75, 3.05) is 12.3 Å². The summed E-state index contributed by atoms with van der Waals surface area (Å²) in [5, 5.41) is 10.3. The van der Waals surface area contributed by atoms with Crippen molar-refractivity contribution >= 4 is 24.8 Å². The van der Waals surface area contributed by atoms with Crippen molar-refractivity contribution in [1.82, 2.24) is 19.5 Å². The molecule has 2 unspecified atom stereocenters. The Balaban J connectivity index is 1.71. The van der Waals surface area contributed by atoms with E-state index in [0.29, 0.717) is 11.2 Å². The molecule has 0 aromatic carbocycles. The second-order valence-corrected chi connectivity index (χ2v) is 6.32. The van der Waals surface area contributed by atoms with Crippen LogP contribution in [0.4, 0.5) is 5.82 Å². The second-order valence-electron chi connectivity index (χ2n) is 4.95. The molecule has 0 spiro atoms. The van der Waals surface area contributed by atoms with Gasteiger partial charge in [-0.3, -0.25) is 9.13 Å². The minimum Gasteiger partial charge on any atom is -0.756 e. The summed E-state index contributed by atoms with van der Waals surface area (Å²) < 4.78 is 27.8. The summed E-state index contributed by atoms with van der Waals surface area (Å²) in [5.74, 6) is 0.192. The van der Waals surface area contributed by atoms with Gasteiger partial charge in [-0.2, -0.15) is 0 Å². The van der Waals surface area contributed by atoms with E-state index in [2.05, 4.69) is 19.5 Å². The zero-order chi connectivity index (χ0) is 15.5. The van der Waals surface area contributed by atoms with E-state index in [1.54, 1.807) is 0 Å². The Kier molecular flexibility index (Phi) is 2.98. The third kappa shape index (κ3) is 2.02. The largest absolute Gasteiger partial charge is 0.756 e. The summed E-state index contributed by atoms with van der Waals surface area (Å²) in [7, 11) is -4.41. The molecular formula is C10H11N5O6P-. The Bertz CT molecular complexity index is 782. The number of anilines is 1. The predicted octanol–water partition coefficient (Wildman–Crippen LogP) is -1.45. The first kappa shape index (κ1) is 14.0. The molecule has 2 saturated heterocycles. The molecule has 2 aliphatic heterocycles. The average Bonchev–Trinajstić information content (AvgIpc) is 3.01. The molecule has 2 fully saturated rings. The number of aromatic nitrogens is 4. The summed E-state index contributed by atoms with van der Waals surface area (Å²) in [4.78, 5) is 23.3. The van der Waals surface area contributed by atoms with Crippen molar-refractivity contribution in [3.05, 3.63) is 12.7 Å². The lowest BCUT2D eigenvalue weighted by Crippen LogP contribution is -2.41. The fourth-order valence-electron chi connectivity index (χ4n) is 2.61. The van der Waals surface area contributed by atoms with Crippen LogP contribution < -0.4 is 10.6 Å². The third-order valence-electron chi connectivity index (χ3n) is 3.62. The zero-order valence-corrected chi connectivity index (χ0v) is 11.9. The van der Waals surface area contributed by atoms with Crippen LogP contribution in [0.25, 0.3) is 11.2 Å². The van der Waals surface area contributed by atoms with Gasteiger partial charge in [-0.25, -0.2) is 15.0 Å². The maximum Gasteiger partial charge on any atom is 0.268 e. The number of phosphoric acid groups is 1. The highest BCUT2D eigenvalue weighted by molar-refractivity contribution is 7.45. The summed E-state index contributed by atoms with van der Waals surface area (Å²) in [5.41, 5.74) is 6.43. The number of hydrogen-bond donors (Lipinski definition) is 2. The number of nitrogens with two attached hydrogens (primary N) is 1. The molecule has 12 heteroatoms. The average molecular weight is 328 g/mol. The summed E-state index contributed by atoms with van der Waals surface area (Å²) in [6, 6.07) is 0. The number of ether oxygens (including phenoxy) is 1. The van der Waals surface area contributed by atoms with Gasteiger partial charge in [0.25, 0.3) is 7.82 Å². The van der Waals surface area contributed by atoms with Gasteiger partial charge in [-0.15, -0.1) is 0 Å². The predicted molar refractivity (Wildman–Crippen MR) is 68.1 cm³/mol. The number of fused-ring (bicyclic) bond motifs is 2. The lowest BCUT2D eigenvalue weighted by molar-refractivity contribution is -0.245. The molecule has 4 heterocycles. The molecule has 2 aromatic heterocycles. The molecule has 2 aliphatic rings. The number of aliphatic hydroxyl groups excluding tert-OH is 1. The fraction of sp³-hybridized carbons (Fsp3) is 0.500. The summed E-state index contributed by atoms with van der Waals surface area (Å²) in [6.07, 6.45) is -1.26. The van der Waals surface area contributed by atoms with Crippen LogP contribution in [0.3, 0.4) is 0 Å². The smallest absolute Gasteiger partial charge is 0.268 e. The summed E-state index contributed by atoms with van der Waals surface area (Å²) >= 11 is 0. The van der Waals surface area contributed by atoms with Crippen LogP contribution >= 0.6 is 7.82 Å². The Morgan fingerprint density at radius 1 is 1.45 bits per heavy atom. The van der Waals surface area contributed by atoms with Gasteiger partial charge in [0.15, 0.2) is 17.7 Å². The van der Waals surface area contributed by atoms with E-state index >= 15 is 0 Å². The molecule has 0 bridgehead atoms. The standard InChI is InChI=1S/C10H12N5O6P/c11-8-5-9(13-2-12-8)15(3-14-5)10-6(16)7-4(20-10)1-19-22(17,18)21-7/h2-4,6-7,10,16H,1H2,(H,17,18)(H2,11,12,13)/p-1/t4-,6-,7-,10?/m1/s1. The molecular weight excluding hydrogens is 317 g/mol. The number of rotatable bonds is 1. The highest BCUT2D eigenvalue weighted by atomic mass is 31.2. The van der Waals surface area contributed by atoms with Gasteiger partial charge in [0.2, 0.25) is 0 Å². The molecule has 5 atom stereocenters. The van der Waals surface area contributed by atoms with Crippen LogP contribution in [-0.4, -0.2) is 49.5 Å². The normalized spacial score (nSPS) is 38.3. The molecule has 0 aliphatic carbocycles. The van der Waals surface area contributed by atoms with Crippen molar-refractivity contribution < 1.29 is 28.3 Å². The third-order valence-corrected chi connectivity index (χ3v) is 4.59. The minimum absolute atomic E-state index is 0.192. The van der Waals surface area contributed by atoms with Crippen LogP contribution in [0.1, 0.15) is 6.23 Å². The SMILES string of the molecule is Nc1ncnc2c1ncn2C1O[C@@H]2COP(=O)([O-])O[C@H]2[C@H]1O. The van der Waals surface area contributed by atoms with E-state index in [1.807, 2.05) is 0 Å². The van der Waals surface area contributed by atoms with Crippen LogP contribution in [-0.2, 0) is 18.3 Å². The number of aliphatic hydroxyl groups is 1. The van der Waals surface area contributed by atoms with Crippen LogP contribution in [0.5, 0.6) is 0 Å². The minimum atomic E-state index is -4.41. The molecule has 0 amide bonds. The topological polar surface area (TPSA) is 158 Å². The Morgan fingerprint density at radius 3 is 3.09 bits per heavy atom. The lowest BCUT2D eigenvalue weighted by atomic mass is 10.1. The first-order chi connectivity index (χ1) is 10.5. The molecule has 118 valence electrons. The zero-order valence-electron chi connectivity index (χ0n) is 11.0. The van der Waals surface area contributed by atoms with Gasteiger partial charge in [-0.1, -0.05) is 0 Å². The number of nitrogens with zero attached hydrogens (tertiary/aromatic N) is 4. The van der Waals surface area contributed by atoms with Gasteiger partial charge in [0.1, 0.15) is 30.2 Å². The van der Waals surface area contributed by atoms with Crippen molar-refractivity contribution in [1.29, 1.82) is 0 Å². The number of imidazole rings is 1. The van der Waals surface area contributed by atoms with Crippen molar-refractivity contribution in [3.63, 3.8) is 0 Å². The van der Waals surface area contributed by atoms with Gasteiger partial charge in [0.05, 0.1) is 12.9 Å². The van der Waals surface area contributed by atoms with E-state index in [-0.39, 0.29) is 12.4 Å². The van der Waals surface area contributed by atoms with E-state index in [1.165, 1.54) is 17.2 Å². The molecule has 0 saturated carbocycles. The van der Waals surface area contributed by atoms with E-state index in [9.17, 15) is 14.6 Å². The van der Waals surface area contributed by atoms with Crippen molar-refractivity contribution in [2.45, 2.75) is 24.5 Å². The van der Waals surface area contributed by atoms with E-state index in [4.69, 9.17) is 15.0 Å². The first-order valence-electron chi connectivity index (χ1n) is 6.37. The van der Waals surface area contributed by atoms with Crippen molar-refractivity contribution in [2.24, 2.45) is 0 Å². The lowest BCUT2D eigenvalue weighted by Gasteiger charge is -2.34. The van der Waals surface area contributed by atoms with Gasteiger partial charge in [-0.05, 0) is 0 Å². The number of hydrogen-bond acceptors (Lipinski definition) is 10. The van der Waals surface area contributed by atoms with Gasteiger partial charge < -0.3 is 29.5 Å². The quantitative estimate of drug-likeness (QED) is 0.593. The van der Waals surface area contributed by atoms with Crippen LogP contribution in [0.15, 0.2) is 12.7 Å². The van der Waals surface area contributed by atoms with Crippen LogP contribution in [0, 0.1) is 0 Å². The second kappa shape index (κ2) is 4.69. The Labute approximate surface area is 123 Å². The highest BCUT2D eigenvalue weighted by Gasteiger charge is 2.50. The first-order valence-corrected chi connectivity index (χ1v) is 7.83. The molecule has 2 aromatic rings. The molecule has 22 heavy (non-hydrogen) atoms. The Hall–Kier alpha value is -1.62.